The fourth-order valence-corrected chi connectivity index (χ4v) is 5.90. The molecule has 0 aromatic carbocycles. The van der Waals surface area contributed by atoms with Crippen LogP contribution in [0.25, 0.3) is 0 Å². The lowest BCUT2D eigenvalue weighted by Crippen LogP contribution is -2.29. The van der Waals surface area contributed by atoms with Gasteiger partial charge >= 0.3 is 19.8 Å². The average Bonchev–Trinajstić information content (AvgIpc) is 3.04. The van der Waals surface area contributed by atoms with Crippen LogP contribution in [0, 0.1) is 0 Å². The molecule has 0 spiro atoms. The van der Waals surface area contributed by atoms with Gasteiger partial charge in [-0.05, 0) is 12.8 Å². The van der Waals surface area contributed by atoms with Crippen LogP contribution in [-0.4, -0.2) is 65.7 Å². The van der Waals surface area contributed by atoms with Crippen molar-refractivity contribution in [1.29, 1.82) is 0 Å². The fourth-order valence-electron chi connectivity index (χ4n) is 5.11. The zero-order valence-corrected chi connectivity index (χ0v) is 30.2. The number of phosphoric ester groups is 1. The van der Waals surface area contributed by atoms with Crippen molar-refractivity contribution in [3.8, 4) is 0 Å². The first-order valence-corrected chi connectivity index (χ1v) is 20.0. The van der Waals surface area contributed by atoms with Crippen LogP contribution in [0.2, 0.25) is 0 Å². The van der Waals surface area contributed by atoms with Gasteiger partial charge in [-0.3, -0.25) is 18.6 Å². The van der Waals surface area contributed by atoms with Gasteiger partial charge in [-0.15, -0.1) is 0 Å². The van der Waals surface area contributed by atoms with E-state index in [9.17, 15) is 24.2 Å². The number of hydrogen-bond donors (Lipinski definition) is 3. The minimum atomic E-state index is -4.59. The number of aliphatic hydroxyl groups is 2. The number of carbonyl (C=O) groups excluding carboxylic acids is 2. The van der Waals surface area contributed by atoms with Crippen LogP contribution in [0.1, 0.15) is 174 Å². The second-order valence-electron chi connectivity index (χ2n) is 12.6. The molecule has 3 atom stereocenters. The third kappa shape index (κ3) is 31.6. The van der Waals surface area contributed by atoms with E-state index in [1.54, 1.807) is 0 Å². The van der Waals surface area contributed by atoms with Gasteiger partial charge < -0.3 is 24.6 Å². The first-order valence-electron chi connectivity index (χ1n) is 18.5. The maximum Gasteiger partial charge on any atom is 0.472 e. The van der Waals surface area contributed by atoms with Gasteiger partial charge in [0.1, 0.15) is 12.7 Å². The molecule has 11 heteroatoms. The van der Waals surface area contributed by atoms with Crippen LogP contribution < -0.4 is 0 Å². The van der Waals surface area contributed by atoms with Crippen molar-refractivity contribution in [3.63, 3.8) is 0 Å². The maximum absolute atomic E-state index is 12.4. The van der Waals surface area contributed by atoms with Gasteiger partial charge in [0.2, 0.25) is 0 Å². The van der Waals surface area contributed by atoms with Crippen LogP contribution in [0.3, 0.4) is 0 Å². The molecule has 0 radical (unpaired) electrons. The number of rotatable bonds is 35. The van der Waals surface area contributed by atoms with Crippen LogP contribution >= 0.6 is 7.82 Å². The summed E-state index contributed by atoms with van der Waals surface area (Å²) in [6, 6.07) is 0. The number of carbonyl (C=O) groups is 2. The number of ether oxygens (including phenoxy) is 2. The van der Waals surface area contributed by atoms with E-state index in [-0.39, 0.29) is 19.4 Å². The van der Waals surface area contributed by atoms with Crippen LogP contribution in [-0.2, 0) is 32.7 Å². The molecule has 0 aromatic rings. The average molecular weight is 681 g/mol. The lowest BCUT2D eigenvalue weighted by Gasteiger charge is -2.20. The molecule has 0 saturated heterocycles. The van der Waals surface area contributed by atoms with Gasteiger partial charge in [-0.2, -0.15) is 0 Å². The van der Waals surface area contributed by atoms with Crippen molar-refractivity contribution in [2.75, 3.05) is 26.4 Å². The molecule has 0 aromatic heterocycles. The first kappa shape index (κ1) is 45.0. The standard InChI is InChI=1S/C35H69O10P/c1-3-5-7-9-11-12-13-14-15-16-17-18-19-21-22-24-26-34(38)42-30-33(31-44-46(40,41)43-29-32(37)28-36)45-35(39)27-25-23-20-10-8-6-4-2/h32-33,36-37H,3-31H2,1-2H3,(H,40,41)/t32-,33-/m1/s1. The van der Waals surface area contributed by atoms with Crippen molar-refractivity contribution < 1.29 is 47.8 Å². The highest BCUT2D eigenvalue weighted by molar-refractivity contribution is 7.47. The molecule has 46 heavy (non-hydrogen) atoms. The van der Waals surface area contributed by atoms with E-state index in [0.29, 0.717) is 12.8 Å². The molecule has 0 amide bonds. The van der Waals surface area contributed by atoms with Crippen molar-refractivity contribution in [2.24, 2.45) is 0 Å². The van der Waals surface area contributed by atoms with E-state index < -0.39 is 51.8 Å². The van der Waals surface area contributed by atoms with Crippen molar-refractivity contribution >= 4 is 19.8 Å². The number of unbranched alkanes of at least 4 members (excludes halogenated alkanes) is 21. The molecule has 1 unspecified atom stereocenters. The summed E-state index contributed by atoms with van der Waals surface area (Å²) in [5.41, 5.74) is 0. The second-order valence-corrected chi connectivity index (χ2v) is 14.1. The van der Waals surface area contributed by atoms with Gasteiger partial charge in [0.25, 0.3) is 0 Å². The Morgan fingerprint density at radius 1 is 0.565 bits per heavy atom. The van der Waals surface area contributed by atoms with Crippen LogP contribution in [0.4, 0.5) is 0 Å². The molecule has 0 aliphatic heterocycles. The Labute approximate surface area is 280 Å². The van der Waals surface area contributed by atoms with Crippen LogP contribution in [0.15, 0.2) is 0 Å². The van der Waals surface area contributed by atoms with E-state index >= 15 is 0 Å². The molecule has 0 aliphatic rings. The lowest BCUT2D eigenvalue weighted by molar-refractivity contribution is -0.161. The highest BCUT2D eigenvalue weighted by atomic mass is 31.2. The third-order valence-electron chi connectivity index (χ3n) is 8.01. The summed E-state index contributed by atoms with van der Waals surface area (Å²) in [5, 5.41) is 18.2. The maximum atomic E-state index is 12.4. The van der Waals surface area contributed by atoms with Gasteiger partial charge in [0, 0.05) is 12.8 Å². The molecule has 3 N–H and O–H groups in total. The van der Waals surface area contributed by atoms with Crippen molar-refractivity contribution in [3.05, 3.63) is 0 Å². The Kier molecular flexibility index (Phi) is 31.8. The normalized spacial score (nSPS) is 14.1. The monoisotopic (exact) mass is 680 g/mol. The number of phosphoric acid groups is 1. The Bertz CT molecular complexity index is 751. The van der Waals surface area contributed by atoms with Gasteiger partial charge in [0.15, 0.2) is 6.10 Å². The smallest absolute Gasteiger partial charge is 0.462 e. The van der Waals surface area contributed by atoms with Gasteiger partial charge in [0.05, 0.1) is 19.8 Å². The highest BCUT2D eigenvalue weighted by Crippen LogP contribution is 2.43. The molecule has 0 heterocycles. The first-order chi connectivity index (χ1) is 22.2. The minimum Gasteiger partial charge on any atom is -0.462 e. The number of aliphatic hydroxyl groups excluding tert-OH is 2. The molecule has 0 aliphatic carbocycles. The number of hydrogen-bond acceptors (Lipinski definition) is 9. The summed E-state index contributed by atoms with van der Waals surface area (Å²) in [6.07, 6.45) is 25.3. The van der Waals surface area contributed by atoms with E-state index in [1.165, 1.54) is 103 Å². The summed E-state index contributed by atoms with van der Waals surface area (Å²) < 4.78 is 32.4. The quantitative estimate of drug-likeness (QED) is 0.0337. The SMILES string of the molecule is CCCCCCCCCCCCCCCCCCC(=O)OC[C@H](COP(=O)(O)OC[C@H](O)CO)OC(=O)CCCCCCCCC. The molecule has 274 valence electrons. The minimum absolute atomic E-state index is 0.188. The molecule has 10 nitrogen and oxygen atoms in total. The Balaban J connectivity index is 4.23. The summed E-state index contributed by atoms with van der Waals surface area (Å²) in [5.74, 6) is -0.923. The molecular formula is C35H69O10P. The third-order valence-corrected chi connectivity index (χ3v) is 8.96. The lowest BCUT2D eigenvalue weighted by atomic mass is 10.0. The summed E-state index contributed by atoms with van der Waals surface area (Å²) in [6.45, 7) is 2.33. The molecule has 0 bridgehead atoms. The largest absolute Gasteiger partial charge is 0.472 e. The fraction of sp³-hybridized carbons (Fsp3) is 0.943. The van der Waals surface area contributed by atoms with Crippen LogP contribution in [0.5, 0.6) is 0 Å². The van der Waals surface area contributed by atoms with Gasteiger partial charge in [-0.25, -0.2) is 4.57 Å². The predicted octanol–water partition coefficient (Wildman–Crippen LogP) is 8.72. The van der Waals surface area contributed by atoms with Gasteiger partial charge in [-0.1, -0.05) is 149 Å². The van der Waals surface area contributed by atoms with E-state index in [1.807, 2.05) is 0 Å². The van der Waals surface area contributed by atoms with Crippen molar-refractivity contribution in [2.45, 2.75) is 187 Å². The topological polar surface area (TPSA) is 149 Å². The zero-order chi connectivity index (χ0) is 34.1. The van der Waals surface area contributed by atoms with Crippen molar-refractivity contribution in [1.82, 2.24) is 0 Å². The number of esters is 2. The Morgan fingerprint density at radius 2 is 0.935 bits per heavy atom. The zero-order valence-electron chi connectivity index (χ0n) is 29.3. The molecule has 0 fully saturated rings. The summed E-state index contributed by atoms with van der Waals surface area (Å²) >= 11 is 0. The summed E-state index contributed by atoms with van der Waals surface area (Å²) in [7, 11) is -4.59. The predicted molar refractivity (Wildman–Crippen MR) is 182 cm³/mol. The Hall–Kier alpha value is -1.03. The van der Waals surface area contributed by atoms with E-state index in [4.69, 9.17) is 19.1 Å². The molecular weight excluding hydrogens is 611 g/mol. The second kappa shape index (κ2) is 32.5. The summed E-state index contributed by atoms with van der Waals surface area (Å²) in [4.78, 5) is 34.6. The highest BCUT2D eigenvalue weighted by Gasteiger charge is 2.27. The molecule has 0 rings (SSSR count). The van der Waals surface area contributed by atoms with E-state index in [2.05, 4.69) is 18.4 Å². The molecule has 0 saturated carbocycles. The van der Waals surface area contributed by atoms with E-state index in [0.717, 1.165) is 32.1 Å². The Morgan fingerprint density at radius 3 is 1.35 bits per heavy atom.